The summed E-state index contributed by atoms with van der Waals surface area (Å²) in [4.78, 5) is 10.0. The van der Waals surface area contributed by atoms with E-state index >= 15 is 0 Å². The first-order valence-electron chi connectivity index (χ1n) is 19.3. The highest BCUT2D eigenvalue weighted by Gasteiger charge is 2.16. The molecule has 0 aliphatic heterocycles. The van der Waals surface area contributed by atoms with Crippen molar-refractivity contribution in [3.63, 3.8) is 0 Å². The molecule has 3 heteroatoms. The Balaban J connectivity index is 1.27. The van der Waals surface area contributed by atoms with Gasteiger partial charge in [0.15, 0.2) is 5.82 Å². The van der Waals surface area contributed by atoms with Gasteiger partial charge in [0.1, 0.15) is 0 Å². The first-order chi connectivity index (χ1) is 26.6. The van der Waals surface area contributed by atoms with Crippen molar-refractivity contribution in [2.24, 2.45) is 0 Å². The minimum atomic E-state index is -0.472. The molecule has 0 amide bonds. The number of fused-ring (bicyclic) bond motifs is 4. The number of hydrogen-bond donors (Lipinski definition) is 0. The van der Waals surface area contributed by atoms with E-state index in [4.69, 9.17) is 20.9 Å². The Kier molecular flexibility index (Phi) is 4.77. The monoisotopic (exact) mass is 607 g/mol. The number of aromatic nitrogens is 3. The maximum absolute atomic E-state index is 8.93. The Morgan fingerprint density at radius 1 is 0.426 bits per heavy atom. The van der Waals surface area contributed by atoms with E-state index < -0.39 is 24.2 Å². The zero-order valence-corrected chi connectivity index (χ0v) is 25.0. The number of rotatable bonds is 5. The van der Waals surface area contributed by atoms with Crippen molar-refractivity contribution in [1.29, 1.82) is 0 Å². The molecule has 3 nitrogen and oxygen atoms in total. The summed E-state index contributed by atoms with van der Waals surface area (Å²) in [5.74, 6) is 0.611. The standard InChI is InChI=1S/C44H29N3/c1-3-14-30(15-4-1)40-29-41(46-44(45-40)31-16-5-2-6-17-31)37-27-26-34(35-20-7-8-21-36(35)37)32-18-13-19-33(28-32)47-42-24-11-9-22-38(42)39-23-10-12-25-43(39)47/h1-29H/i9D,10D,11D,12D,22D,23D,24D,25D. The normalized spacial score (nSPS) is 13.8. The lowest BCUT2D eigenvalue weighted by Crippen LogP contribution is -1.97. The summed E-state index contributed by atoms with van der Waals surface area (Å²) < 4.78 is 70.7. The van der Waals surface area contributed by atoms with Crippen molar-refractivity contribution in [2.45, 2.75) is 0 Å². The lowest BCUT2D eigenvalue weighted by molar-refractivity contribution is 1.18. The summed E-state index contributed by atoms with van der Waals surface area (Å²) in [6.45, 7) is 0. The molecule has 9 aromatic rings. The maximum Gasteiger partial charge on any atom is 0.160 e. The van der Waals surface area contributed by atoms with E-state index in [1.807, 2.05) is 115 Å². The number of benzene rings is 7. The topological polar surface area (TPSA) is 30.7 Å². The van der Waals surface area contributed by atoms with Crippen LogP contribution in [0.2, 0.25) is 0 Å². The van der Waals surface area contributed by atoms with Gasteiger partial charge in [0.05, 0.1) is 33.4 Å². The third kappa shape index (κ3) is 4.68. The first kappa shape index (κ1) is 19.9. The van der Waals surface area contributed by atoms with Crippen molar-refractivity contribution >= 4 is 32.6 Å². The fourth-order valence-electron chi connectivity index (χ4n) is 6.32. The van der Waals surface area contributed by atoms with Crippen molar-refractivity contribution in [3.05, 3.63) is 176 Å². The largest absolute Gasteiger partial charge is 0.309 e. The Labute approximate surface area is 284 Å². The predicted molar refractivity (Wildman–Crippen MR) is 196 cm³/mol. The summed E-state index contributed by atoms with van der Waals surface area (Å²) >= 11 is 0. The molecule has 0 spiro atoms. The molecule has 9 rings (SSSR count). The molecule has 0 radical (unpaired) electrons. The van der Waals surface area contributed by atoms with Gasteiger partial charge < -0.3 is 4.57 Å². The van der Waals surface area contributed by atoms with E-state index in [0.29, 0.717) is 11.5 Å². The summed E-state index contributed by atoms with van der Waals surface area (Å²) in [5.41, 5.74) is 6.69. The molecule has 7 aromatic carbocycles. The van der Waals surface area contributed by atoms with Gasteiger partial charge in [0, 0.05) is 33.2 Å². The SMILES string of the molecule is [2H]c1c([2H])c([2H])c2c(c1[2H])c1c([2H])c([2H])c([2H])c([2H])c1n2-c1cccc(-c2ccc(-c3cc(-c4ccccc4)nc(-c4ccccc4)n3)c3ccccc23)c1. The van der Waals surface area contributed by atoms with Gasteiger partial charge in [-0.25, -0.2) is 9.97 Å². The van der Waals surface area contributed by atoms with Crippen molar-refractivity contribution in [2.75, 3.05) is 0 Å². The van der Waals surface area contributed by atoms with Crippen LogP contribution >= 0.6 is 0 Å². The van der Waals surface area contributed by atoms with Crippen LogP contribution in [0, 0.1) is 0 Å². The number of para-hydroxylation sites is 2. The molecule has 0 fully saturated rings. The fourth-order valence-corrected chi connectivity index (χ4v) is 6.32. The molecular weight excluding hydrogens is 571 g/mol. The van der Waals surface area contributed by atoms with Crippen LogP contribution in [0.25, 0.3) is 83.3 Å². The quantitative estimate of drug-likeness (QED) is 0.195. The van der Waals surface area contributed by atoms with Gasteiger partial charge in [-0.1, -0.05) is 145 Å². The molecular formula is C44H29N3. The van der Waals surface area contributed by atoms with Gasteiger partial charge >= 0.3 is 0 Å². The molecule has 0 N–H and O–H groups in total. The van der Waals surface area contributed by atoms with Crippen LogP contribution in [0.5, 0.6) is 0 Å². The molecule has 2 aromatic heterocycles. The Morgan fingerprint density at radius 3 is 1.68 bits per heavy atom. The minimum absolute atomic E-state index is 0.0443. The van der Waals surface area contributed by atoms with Crippen LogP contribution in [-0.2, 0) is 0 Å². The van der Waals surface area contributed by atoms with Crippen LogP contribution in [0.15, 0.2) is 176 Å². The molecule has 47 heavy (non-hydrogen) atoms. The third-order valence-electron chi connectivity index (χ3n) is 8.48. The molecule has 0 atom stereocenters. The average Bonchev–Trinajstić information content (AvgIpc) is 3.60. The molecule has 0 saturated heterocycles. The van der Waals surface area contributed by atoms with Crippen LogP contribution in [-0.4, -0.2) is 14.5 Å². The second kappa shape index (κ2) is 11.2. The van der Waals surface area contributed by atoms with Gasteiger partial charge in [-0.3, -0.25) is 0 Å². The highest BCUT2D eigenvalue weighted by molar-refractivity contribution is 6.09. The van der Waals surface area contributed by atoms with E-state index in [1.54, 1.807) is 6.07 Å². The van der Waals surface area contributed by atoms with Crippen molar-refractivity contribution in [3.8, 4) is 50.7 Å². The molecule has 2 heterocycles. The summed E-state index contributed by atoms with van der Waals surface area (Å²) in [6.07, 6.45) is 0. The third-order valence-corrected chi connectivity index (χ3v) is 8.48. The first-order valence-corrected chi connectivity index (χ1v) is 15.3. The number of nitrogens with zero attached hydrogens (tertiary/aromatic N) is 3. The van der Waals surface area contributed by atoms with Crippen LogP contribution in [0.3, 0.4) is 0 Å². The van der Waals surface area contributed by atoms with E-state index in [-0.39, 0.29) is 46.0 Å². The molecule has 0 saturated carbocycles. The predicted octanol–water partition coefficient (Wildman–Crippen LogP) is 11.4. The van der Waals surface area contributed by atoms with Gasteiger partial charge in [-0.2, -0.15) is 0 Å². The molecule has 0 aliphatic carbocycles. The van der Waals surface area contributed by atoms with E-state index in [9.17, 15) is 0 Å². The maximum atomic E-state index is 8.93. The summed E-state index contributed by atoms with van der Waals surface area (Å²) in [6, 6.07) is 38.3. The van der Waals surface area contributed by atoms with Gasteiger partial charge in [0.2, 0.25) is 0 Å². The van der Waals surface area contributed by atoms with E-state index in [0.717, 1.165) is 50.0 Å². The zero-order valence-electron chi connectivity index (χ0n) is 33.0. The second-order valence-electron chi connectivity index (χ2n) is 11.2. The lowest BCUT2D eigenvalue weighted by atomic mass is 9.93. The van der Waals surface area contributed by atoms with Crippen LogP contribution in [0.1, 0.15) is 11.0 Å². The van der Waals surface area contributed by atoms with Crippen LogP contribution in [0.4, 0.5) is 0 Å². The molecule has 0 aliphatic rings. The number of hydrogen-bond acceptors (Lipinski definition) is 2. The average molecular weight is 608 g/mol. The molecule has 0 unspecified atom stereocenters. The zero-order chi connectivity index (χ0) is 38.1. The van der Waals surface area contributed by atoms with Gasteiger partial charge in [0.25, 0.3) is 0 Å². The van der Waals surface area contributed by atoms with Gasteiger partial charge in [-0.15, -0.1) is 0 Å². The lowest BCUT2D eigenvalue weighted by Gasteiger charge is -2.15. The Hall–Kier alpha value is -6.32. The van der Waals surface area contributed by atoms with E-state index in [2.05, 4.69) is 6.07 Å². The smallest absolute Gasteiger partial charge is 0.160 e. The molecule has 0 bridgehead atoms. The van der Waals surface area contributed by atoms with Crippen LogP contribution < -0.4 is 0 Å². The van der Waals surface area contributed by atoms with Gasteiger partial charge in [-0.05, 0) is 52.2 Å². The van der Waals surface area contributed by atoms with Crippen molar-refractivity contribution in [1.82, 2.24) is 14.5 Å². The summed E-state index contributed by atoms with van der Waals surface area (Å²) in [5, 5.41) is 2.00. The highest BCUT2D eigenvalue weighted by atomic mass is 15.0. The minimum Gasteiger partial charge on any atom is -0.309 e. The second-order valence-corrected chi connectivity index (χ2v) is 11.2. The Morgan fingerprint density at radius 2 is 0.979 bits per heavy atom. The summed E-state index contributed by atoms with van der Waals surface area (Å²) in [7, 11) is 0. The van der Waals surface area contributed by atoms with Crippen molar-refractivity contribution < 1.29 is 11.0 Å². The molecule has 220 valence electrons. The highest BCUT2D eigenvalue weighted by Crippen LogP contribution is 2.38. The Bertz CT molecular complexity index is 2880. The fraction of sp³-hybridized carbons (Fsp3) is 0. The van der Waals surface area contributed by atoms with E-state index in [1.165, 1.54) is 4.57 Å².